The fourth-order valence-electron chi connectivity index (χ4n) is 3.60. The van der Waals surface area contributed by atoms with Gasteiger partial charge in [0.15, 0.2) is 0 Å². The number of rotatable bonds is 7. The molecule has 1 aliphatic rings. The molecule has 1 saturated heterocycles. The Labute approximate surface area is 173 Å². The molecule has 1 fully saturated rings. The fourth-order valence-corrected chi connectivity index (χ4v) is 3.60. The Morgan fingerprint density at radius 1 is 1.20 bits per heavy atom. The van der Waals surface area contributed by atoms with Crippen molar-refractivity contribution in [1.82, 2.24) is 10.2 Å². The molecule has 0 spiro atoms. The average molecular weight is 413 g/mol. The van der Waals surface area contributed by atoms with Gasteiger partial charge in [0.05, 0.1) is 31.7 Å². The molecule has 2 aromatic rings. The van der Waals surface area contributed by atoms with Crippen LogP contribution in [0.25, 0.3) is 0 Å². The van der Waals surface area contributed by atoms with E-state index in [1.807, 2.05) is 12.1 Å². The van der Waals surface area contributed by atoms with Gasteiger partial charge in [-0.15, -0.1) is 0 Å². The summed E-state index contributed by atoms with van der Waals surface area (Å²) in [5.74, 6) is 0.536. The van der Waals surface area contributed by atoms with Gasteiger partial charge in [-0.3, -0.25) is 19.7 Å². The van der Waals surface area contributed by atoms with Crippen LogP contribution in [0.1, 0.15) is 34.8 Å². The van der Waals surface area contributed by atoms with Crippen molar-refractivity contribution in [2.45, 2.75) is 18.9 Å². The summed E-state index contributed by atoms with van der Waals surface area (Å²) in [4.78, 5) is 37.1. The highest BCUT2D eigenvalue weighted by Gasteiger charge is 2.32. The van der Waals surface area contributed by atoms with Crippen LogP contribution in [-0.4, -0.2) is 48.9 Å². The predicted molar refractivity (Wildman–Crippen MR) is 109 cm³/mol. The SMILES string of the molecule is COc1ccc([C@H]2CCCN2C(=O)CNC(=O)c2cccc([N+](=O)[O-])c2)c(OC)c1. The van der Waals surface area contributed by atoms with Crippen LogP contribution in [0.3, 0.4) is 0 Å². The number of likely N-dealkylation sites (tertiary alicyclic amines) is 1. The quantitative estimate of drug-likeness (QED) is 0.552. The zero-order valence-corrected chi connectivity index (χ0v) is 16.8. The van der Waals surface area contributed by atoms with Crippen molar-refractivity contribution >= 4 is 17.5 Å². The van der Waals surface area contributed by atoms with Gasteiger partial charge in [0.25, 0.3) is 11.6 Å². The molecule has 2 amide bonds. The highest BCUT2D eigenvalue weighted by Crippen LogP contribution is 2.38. The van der Waals surface area contributed by atoms with Crippen LogP contribution in [0, 0.1) is 10.1 Å². The molecule has 1 heterocycles. The highest BCUT2D eigenvalue weighted by molar-refractivity contribution is 5.97. The molecule has 0 radical (unpaired) electrons. The lowest BCUT2D eigenvalue weighted by atomic mass is 10.0. The molecule has 1 atom stereocenters. The van der Waals surface area contributed by atoms with E-state index in [9.17, 15) is 19.7 Å². The third-order valence-corrected chi connectivity index (χ3v) is 5.09. The standard InChI is InChI=1S/C21H23N3O6/c1-29-16-8-9-17(19(12-16)30-2)18-7-4-10-23(18)20(25)13-22-21(26)14-5-3-6-15(11-14)24(27)28/h3,5-6,8-9,11-12,18H,4,7,10,13H2,1-2H3,(H,22,26)/t18-/m1/s1. The van der Waals surface area contributed by atoms with Crippen LogP contribution in [0.2, 0.25) is 0 Å². The van der Waals surface area contributed by atoms with Crippen molar-refractivity contribution < 1.29 is 24.0 Å². The van der Waals surface area contributed by atoms with Crippen molar-refractivity contribution in [1.29, 1.82) is 0 Å². The number of nitro benzene ring substituents is 1. The van der Waals surface area contributed by atoms with Gasteiger partial charge in [-0.25, -0.2) is 0 Å². The number of methoxy groups -OCH3 is 2. The van der Waals surface area contributed by atoms with Gasteiger partial charge in [0.2, 0.25) is 5.91 Å². The molecule has 9 nitrogen and oxygen atoms in total. The third-order valence-electron chi connectivity index (χ3n) is 5.09. The van der Waals surface area contributed by atoms with Gasteiger partial charge in [0, 0.05) is 35.9 Å². The van der Waals surface area contributed by atoms with Gasteiger partial charge >= 0.3 is 0 Å². The second-order valence-corrected chi connectivity index (χ2v) is 6.84. The fraction of sp³-hybridized carbons (Fsp3) is 0.333. The number of nitro groups is 1. The molecule has 9 heteroatoms. The van der Waals surface area contributed by atoms with Crippen LogP contribution in [0.4, 0.5) is 5.69 Å². The maximum absolute atomic E-state index is 12.8. The minimum atomic E-state index is -0.570. The van der Waals surface area contributed by atoms with Gasteiger partial charge < -0.3 is 19.7 Å². The summed E-state index contributed by atoms with van der Waals surface area (Å²) >= 11 is 0. The number of ether oxygens (including phenoxy) is 2. The third kappa shape index (κ3) is 4.51. The zero-order valence-electron chi connectivity index (χ0n) is 16.8. The van der Waals surface area contributed by atoms with E-state index in [1.54, 1.807) is 25.2 Å². The van der Waals surface area contributed by atoms with Crippen molar-refractivity contribution in [3.63, 3.8) is 0 Å². The predicted octanol–water partition coefficient (Wildman–Crippen LogP) is 2.71. The van der Waals surface area contributed by atoms with Gasteiger partial charge in [-0.1, -0.05) is 6.07 Å². The monoisotopic (exact) mass is 413 g/mol. The van der Waals surface area contributed by atoms with Gasteiger partial charge in [0.1, 0.15) is 11.5 Å². The van der Waals surface area contributed by atoms with E-state index in [4.69, 9.17) is 9.47 Å². The Morgan fingerprint density at radius 3 is 2.70 bits per heavy atom. The summed E-state index contributed by atoms with van der Waals surface area (Å²) in [5.41, 5.74) is 0.834. The molecule has 158 valence electrons. The summed E-state index contributed by atoms with van der Waals surface area (Å²) < 4.78 is 10.7. The van der Waals surface area contributed by atoms with E-state index in [2.05, 4.69) is 5.32 Å². The second kappa shape index (κ2) is 9.25. The Balaban J connectivity index is 1.68. The number of non-ortho nitro benzene ring substituents is 1. The Morgan fingerprint density at radius 2 is 2.00 bits per heavy atom. The number of carbonyl (C=O) groups is 2. The van der Waals surface area contributed by atoms with Crippen molar-refractivity contribution in [3.05, 3.63) is 63.7 Å². The normalized spacial score (nSPS) is 15.5. The van der Waals surface area contributed by atoms with Crippen LogP contribution in [-0.2, 0) is 4.79 Å². The molecule has 0 saturated carbocycles. The summed E-state index contributed by atoms with van der Waals surface area (Å²) in [7, 11) is 3.14. The van der Waals surface area contributed by atoms with Crippen LogP contribution < -0.4 is 14.8 Å². The van der Waals surface area contributed by atoms with E-state index in [0.717, 1.165) is 18.4 Å². The van der Waals surface area contributed by atoms with E-state index >= 15 is 0 Å². The van der Waals surface area contributed by atoms with Gasteiger partial charge in [-0.2, -0.15) is 0 Å². The molecule has 1 N–H and O–H groups in total. The molecule has 0 aliphatic carbocycles. The largest absolute Gasteiger partial charge is 0.497 e. The highest BCUT2D eigenvalue weighted by atomic mass is 16.6. The number of hydrogen-bond donors (Lipinski definition) is 1. The summed E-state index contributed by atoms with van der Waals surface area (Å²) in [5, 5.41) is 13.4. The first kappa shape index (κ1) is 21.1. The minimum absolute atomic E-state index is 0.131. The van der Waals surface area contributed by atoms with Crippen LogP contribution >= 0.6 is 0 Å². The zero-order chi connectivity index (χ0) is 21.7. The van der Waals surface area contributed by atoms with Gasteiger partial charge in [-0.05, 0) is 31.0 Å². The Hall–Kier alpha value is -3.62. The smallest absolute Gasteiger partial charge is 0.270 e. The molecule has 0 aromatic heterocycles. The minimum Gasteiger partial charge on any atom is -0.497 e. The lowest BCUT2D eigenvalue weighted by Crippen LogP contribution is -2.39. The molecular formula is C21H23N3O6. The topological polar surface area (TPSA) is 111 Å². The van der Waals surface area contributed by atoms with E-state index in [-0.39, 0.29) is 29.7 Å². The van der Waals surface area contributed by atoms with Crippen LogP contribution in [0.15, 0.2) is 42.5 Å². The summed E-state index contributed by atoms with van der Waals surface area (Å²) in [6, 6.07) is 10.7. The van der Waals surface area contributed by atoms with E-state index in [1.165, 1.54) is 24.3 Å². The first-order valence-electron chi connectivity index (χ1n) is 9.48. The molecule has 3 rings (SSSR count). The summed E-state index contributed by atoms with van der Waals surface area (Å²) in [6.07, 6.45) is 1.62. The van der Waals surface area contributed by atoms with E-state index in [0.29, 0.717) is 18.0 Å². The summed E-state index contributed by atoms with van der Waals surface area (Å²) in [6.45, 7) is 0.377. The average Bonchev–Trinajstić information content (AvgIpc) is 3.26. The van der Waals surface area contributed by atoms with Crippen molar-refractivity contribution in [3.8, 4) is 11.5 Å². The number of carbonyl (C=O) groups excluding carboxylic acids is 2. The van der Waals surface area contributed by atoms with Crippen molar-refractivity contribution in [2.75, 3.05) is 27.3 Å². The Bertz CT molecular complexity index is 962. The lowest BCUT2D eigenvalue weighted by Gasteiger charge is -2.26. The van der Waals surface area contributed by atoms with E-state index < -0.39 is 10.8 Å². The number of hydrogen-bond acceptors (Lipinski definition) is 6. The lowest BCUT2D eigenvalue weighted by molar-refractivity contribution is -0.384. The maximum atomic E-state index is 12.8. The number of benzene rings is 2. The molecule has 0 bridgehead atoms. The molecular weight excluding hydrogens is 390 g/mol. The number of nitrogens with one attached hydrogen (secondary N) is 1. The molecule has 0 unspecified atom stereocenters. The first-order chi connectivity index (χ1) is 14.4. The van der Waals surface area contributed by atoms with Crippen molar-refractivity contribution in [2.24, 2.45) is 0 Å². The maximum Gasteiger partial charge on any atom is 0.270 e. The Kier molecular flexibility index (Phi) is 6.51. The number of amides is 2. The molecule has 1 aliphatic heterocycles. The first-order valence-corrected chi connectivity index (χ1v) is 9.48. The molecule has 2 aromatic carbocycles. The number of nitrogens with zero attached hydrogens (tertiary/aromatic N) is 2. The second-order valence-electron chi connectivity index (χ2n) is 6.84. The molecule has 30 heavy (non-hydrogen) atoms. The van der Waals surface area contributed by atoms with Crippen LogP contribution in [0.5, 0.6) is 11.5 Å².